The third-order valence-corrected chi connectivity index (χ3v) is 3.14. The molecule has 0 spiro atoms. The van der Waals surface area contributed by atoms with Crippen molar-refractivity contribution in [2.24, 2.45) is 14.1 Å². The lowest BCUT2D eigenvalue weighted by Crippen LogP contribution is -2.36. The van der Waals surface area contributed by atoms with Crippen molar-refractivity contribution in [3.05, 3.63) is 51.2 Å². The van der Waals surface area contributed by atoms with E-state index in [1.807, 2.05) is 30.3 Å². The van der Waals surface area contributed by atoms with Gasteiger partial charge in [-0.25, -0.2) is 9.78 Å². The van der Waals surface area contributed by atoms with Crippen molar-refractivity contribution in [3.8, 4) is 11.4 Å². The Balaban J connectivity index is 2.40. The Bertz CT molecular complexity index is 871. The average molecular weight is 257 g/mol. The number of aryl methyl sites for hydroxylation is 1. The summed E-state index contributed by atoms with van der Waals surface area (Å²) >= 11 is 0. The monoisotopic (exact) mass is 257 g/mol. The molecule has 0 aliphatic rings. The lowest BCUT2D eigenvalue weighted by molar-refractivity contribution is 0.709. The molecule has 0 saturated carbocycles. The van der Waals surface area contributed by atoms with Crippen molar-refractivity contribution in [3.63, 3.8) is 0 Å². The van der Waals surface area contributed by atoms with Gasteiger partial charge in [-0.2, -0.15) is 0 Å². The molecule has 0 saturated heterocycles. The smallest absolute Gasteiger partial charge is 0.332 e. The summed E-state index contributed by atoms with van der Waals surface area (Å²) in [6.07, 6.45) is 0. The second-order valence-corrected chi connectivity index (χ2v) is 4.36. The van der Waals surface area contributed by atoms with Gasteiger partial charge in [0.1, 0.15) is 11.3 Å². The standard InChI is InChI=1S/C13H12N4O2/c1-16-11-9(12(18)17(2)13(16)19)14-10(15-11)8-6-4-3-5-7-8/h3-7H,1-2H3,(H,14,15)/i14+1. The molecule has 0 atom stereocenters. The molecule has 19 heavy (non-hydrogen) atoms. The molecular formula is C13H12N4O2. The topological polar surface area (TPSA) is 72.7 Å². The van der Waals surface area contributed by atoms with E-state index in [1.165, 1.54) is 11.6 Å². The highest BCUT2D eigenvalue weighted by molar-refractivity contribution is 5.75. The van der Waals surface area contributed by atoms with Crippen LogP contribution in [0.3, 0.4) is 0 Å². The van der Waals surface area contributed by atoms with Crippen LogP contribution in [0.25, 0.3) is 22.6 Å². The fraction of sp³-hybridized carbons (Fsp3) is 0.154. The van der Waals surface area contributed by atoms with E-state index in [2.05, 4.69) is 9.97 Å². The lowest BCUT2D eigenvalue weighted by atomic mass is 10.2. The van der Waals surface area contributed by atoms with E-state index in [9.17, 15) is 9.59 Å². The molecule has 2 aromatic heterocycles. The SMILES string of the molecule is Cn1c(=O)c2[15nH]c(-c3ccccc3)nc2n(C)c1=O. The van der Waals surface area contributed by atoms with Gasteiger partial charge < -0.3 is 4.98 Å². The molecule has 0 radical (unpaired) electrons. The maximum atomic E-state index is 12.0. The van der Waals surface area contributed by atoms with Crippen LogP contribution in [-0.4, -0.2) is 19.1 Å². The van der Waals surface area contributed by atoms with Gasteiger partial charge in [-0.3, -0.25) is 13.9 Å². The van der Waals surface area contributed by atoms with Crippen LogP contribution in [0.1, 0.15) is 0 Å². The van der Waals surface area contributed by atoms with E-state index >= 15 is 0 Å². The first-order valence-electron chi connectivity index (χ1n) is 5.80. The van der Waals surface area contributed by atoms with Crippen LogP contribution in [0.4, 0.5) is 0 Å². The zero-order valence-corrected chi connectivity index (χ0v) is 10.5. The predicted octanol–water partition coefficient (Wildman–Crippen LogP) is 0.627. The van der Waals surface area contributed by atoms with Crippen LogP contribution in [0.2, 0.25) is 0 Å². The van der Waals surface area contributed by atoms with Crippen molar-refractivity contribution in [1.29, 1.82) is 0 Å². The molecule has 0 aliphatic heterocycles. The van der Waals surface area contributed by atoms with E-state index < -0.39 is 0 Å². The van der Waals surface area contributed by atoms with Crippen molar-refractivity contribution in [2.75, 3.05) is 0 Å². The number of aromatic nitrogens is 4. The Kier molecular flexibility index (Phi) is 2.38. The Morgan fingerprint density at radius 3 is 2.42 bits per heavy atom. The van der Waals surface area contributed by atoms with E-state index in [4.69, 9.17) is 0 Å². The van der Waals surface area contributed by atoms with Crippen molar-refractivity contribution >= 4 is 11.2 Å². The average Bonchev–Trinajstić information content (AvgIpc) is 2.89. The summed E-state index contributed by atoms with van der Waals surface area (Å²) < 4.78 is 2.43. The van der Waals surface area contributed by atoms with Gasteiger partial charge in [-0.1, -0.05) is 30.3 Å². The maximum Gasteiger partial charge on any atom is 0.332 e. The van der Waals surface area contributed by atoms with E-state index in [0.717, 1.165) is 10.1 Å². The number of nitrogens with one attached hydrogen (secondary N) is 1. The van der Waals surface area contributed by atoms with Gasteiger partial charge in [0.2, 0.25) is 0 Å². The van der Waals surface area contributed by atoms with Gasteiger partial charge in [0.25, 0.3) is 5.56 Å². The number of H-pyrrole nitrogens is 1. The second kappa shape index (κ2) is 3.94. The van der Waals surface area contributed by atoms with E-state index in [-0.39, 0.29) is 11.2 Å². The zero-order chi connectivity index (χ0) is 13.6. The third kappa shape index (κ3) is 1.61. The number of hydrogen-bond donors (Lipinski definition) is 1. The van der Waals surface area contributed by atoms with Gasteiger partial charge >= 0.3 is 5.69 Å². The molecule has 0 unspecified atom stereocenters. The lowest BCUT2D eigenvalue weighted by Gasteiger charge is -2.00. The fourth-order valence-electron chi connectivity index (χ4n) is 2.06. The molecule has 0 fully saturated rings. The van der Waals surface area contributed by atoms with E-state index in [1.54, 1.807) is 7.05 Å². The minimum atomic E-state index is -0.386. The first-order valence-corrected chi connectivity index (χ1v) is 5.80. The number of rotatable bonds is 1. The highest BCUT2D eigenvalue weighted by atomic mass is 16.2. The van der Waals surface area contributed by atoms with Crippen LogP contribution in [-0.2, 0) is 14.1 Å². The van der Waals surface area contributed by atoms with Crippen molar-refractivity contribution < 1.29 is 0 Å². The number of nitrogens with zero attached hydrogens (tertiary/aromatic N) is 3. The van der Waals surface area contributed by atoms with Crippen LogP contribution >= 0.6 is 0 Å². The molecule has 96 valence electrons. The number of hydrogen-bond acceptors (Lipinski definition) is 3. The van der Waals surface area contributed by atoms with Crippen LogP contribution < -0.4 is 11.2 Å². The highest BCUT2D eigenvalue weighted by Gasteiger charge is 2.13. The Hall–Kier alpha value is -2.63. The molecule has 6 nitrogen and oxygen atoms in total. The largest absolute Gasteiger partial charge is 0.332 e. The number of fused-ring (bicyclic) bond motifs is 1. The molecule has 0 aliphatic carbocycles. The van der Waals surface area contributed by atoms with Crippen molar-refractivity contribution in [2.45, 2.75) is 0 Å². The quantitative estimate of drug-likeness (QED) is 0.694. The molecule has 3 rings (SSSR count). The minimum absolute atomic E-state index is 0.337. The molecule has 1 N–H and O–H groups in total. The van der Waals surface area contributed by atoms with Gasteiger partial charge in [-0.15, -0.1) is 0 Å². The normalized spacial score (nSPS) is 11.1. The molecule has 0 bridgehead atoms. The number of benzene rings is 1. The maximum absolute atomic E-state index is 12.0. The predicted molar refractivity (Wildman–Crippen MR) is 72.0 cm³/mol. The number of imidazole rings is 1. The van der Waals surface area contributed by atoms with Gasteiger partial charge in [0.05, 0.1) is 0 Å². The Labute approximate surface area is 108 Å². The van der Waals surface area contributed by atoms with Gasteiger partial charge in [0, 0.05) is 19.7 Å². The molecule has 6 heteroatoms. The van der Waals surface area contributed by atoms with E-state index in [0.29, 0.717) is 17.0 Å². The summed E-state index contributed by atoms with van der Waals surface area (Å²) in [6.45, 7) is 0. The summed E-state index contributed by atoms with van der Waals surface area (Å²) in [5, 5.41) is 0. The summed E-state index contributed by atoms with van der Waals surface area (Å²) in [5.41, 5.74) is 0.819. The molecule has 2 heterocycles. The second-order valence-electron chi connectivity index (χ2n) is 4.36. The molecule has 0 amide bonds. The Morgan fingerprint density at radius 1 is 1.05 bits per heavy atom. The number of aromatic amines is 1. The van der Waals surface area contributed by atoms with Gasteiger partial charge in [0.15, 0.2) is 5.65 Å². The fourth-order valence-corrected chi connectivity index (χ4v) is 2.06. The summed E-state index contributed by atoms with van der Waals surface area (Å²) in [4.78, 5) is 31.2. The minimum Gasteiger partial charge on any atom is -0.332 e. The first-order chi connectivity index (χ1) is 9.09. The summed E-state index contributed by atoms with van der Waals surface area (Å²) in [6, 6.07) is 9.46. The van der Waals surface area contributed by atoms with Crippen LogP contribution in [0.15, 0.2) is 39.9 Å². The zero-order valence-electron chi connectivity index (χ0n) is 10.5. The van der Waals surface area contributed by atoms with Crippen molar-refractivity contribution in [1.82, 2.24) is 19.1 Å². The molecular weight excluding hydrogens is 245 g/mol. The van der Waals surface area contributed by atoms with Crippen LogP contribution in [0.5, 0.6) is 0 Å². The Morgan fingerprint density at radius 2 is 1.74 bits per heavy atom. The molecule has 3 aromatic rings. The van der Waals surface area contributed by atoms with Crippen LogP contribution in [0, 0.1) is 0 Å². The van der Waals surface area contributed by atoms with Gasteiger partial charge in [-0.05, 0) is 0 Å². The molecule has 1 aromatic carbocycles. The summed E-state index contributed by atoms with van der Waals surface area (Å²) in [7, 11) is 3.05. The third-order valence-electron chi connectivity index (χ3n) is 3.14. The highest BCUT2D eigenvalue weighted by Crippen LogP contribution is 2.17. The first kappa shape index (κ1) is 11.5. The summed E-state index contributed by atoms with van der Waals surface area (Å²) in [5.74, 6) is 0.578.